The molecule has 0 aliphatic carbocycles. The number of nitriles is 1. The Hall–Kier alpha value is -3.54. The van der Waals surface area contributed by atoms with Crippen molar-refractivity contribution < 1.29 is 9.72 Å². The molecule has 3 heterocycles. The zero-order valence-electron chi connectivity index (χ0n) is 15.8. The summed E-state index contributed by atoms with van der Waals surface area (Å²) in [5.41, 5.74) is 5.39. The highest BCUT2D eigenvalue weighted by molar-refractivity contribution is 6.12. The van der Waals surface area contributed by atoms with Gasteiger partial charge in [0.05, 0.1) is 4.92 Å². The van der Waals surface area contributed by atoms with Crippen molar-refractivity contribution in [1.29, 1.82) is 5.26 Å². The van der Waals surface area contributed by atoms with Crippen LogP contribution in [-0.2, 0) is 10.2 Å². The molecule has 3 aliphatic rings. The van der Waals surface area contributed by atoms with Gasteiger partial charge in [-0.05, 0) is 13.0 Å². The third kappa shape index (κ3) is 2.08. The minimum Gasteiger partial charge on any atom is -0.384 e. The molecule has 1 spiro atoms. The van der Waals surface area contributed by atoms with Gasteiger partial charge in [0.1, 0.15) is 17.5 Å². The van der Waals surface area contributed by atoms with E-state index in [2.05, 4.69) is 10.6 Å². The summed E-state index contributed by atoms with van der Waals surface area (Å²) in [6, 6.07) is 7.19. The fourth-order valence-electron chi connectivity index (χ4n) is 4.29. The van der Waals surface area contributed by atoms with Crippen LogP contribution < -0.4 is 16.4 Å². The number of rotatable bonds is 1. The van der Waals surface area contributed by atoms with Gasteiger partial charge in [-0.25, -0.2) is 0 Å². The first-order valence-electron chi connectivity index (χ1n) is 8.87. The Morgan fingerprint density at radius 3 is 2.75 bits per heavy atom. The molecule has 28 heavy (non-hydrogen) atoms. The van der Waals surface area contributed by atoms with Gasteiger partial charge in [0.2, 0.25) is 5.41 Å². The molecular weight excluding hydrogens is 360 g/mol. The number of carbonyl (C=O) groups excluding carboxylic acids is 1. The SMILES string of the molecule is Cc1ccc2c(c1)C1(C(=O)N2)C(C#N)=C(N)N2CC(C)(C)CNC2=C1[N+](=O)[O-]. The number of fused-ring (bicyclic) bond motifs is 3. The molecule has 1 amide bonds. The number of nitrogens with one attached hydrogen (secondary N) is 2. The zero-order chi connectivity index (χ0) is 20.4. The molecule has 0 saturated carbocycles. The van der Waals surface area contributed by atoms with E-state index in [4.69, 9.17) is 5.73 Å². The highest BCUT2D eigenvalue weighted by atomic mass is 16.6. The summed E-state index contributed by atoms with van der Waals surface area (Å²) in [4.78, 5) is 26.5. The van der Waals surface area contributed by atoms with E-state index in [1.54, 1.807) is 23.1 Å². The molecule has 4 rings (SSSR count). The summed E-state index contributed by atoms with van der Waals surface area (Å²) in [5, 5.41) is 28.0. The monoisotopic (exact) mass is 380 g/mol. The normalized spacial score (nSPS) is 25.1. The van der Waals surface area contributed by atoms with Crippen molar-refractivity contribution in [3.63, 3.8) is 0 Å². The largest absolute Gasteiger partial charge is 0.384 e. The highest BCUT2D eigenvalue weighted by Crippen LogP contribution is 2.52. The van der Waals surface area contributed by atoms with Crippen LogP contribution >= 0.6 is 0 Å². The number of nitrogens with two attached hydrogens (primary N) is 1. The van der Waals surface area contributed by atoms with Gasteiger partial charge in [-0.3, -0.25) is 14.9 Å². The molecule has 4 N–H and O–H groups in total. The lowest BCUT2D eigenvalue weighted by molar-refractivity contribution is -0.435. The Kier molecular flexibility index (Phi) is 3.50. The Morgan fingerprint density at radius 2 is 2.11 bits per heavy atom. The number of nitro groups is 1. The van der Waals surface area contributed by atoms with Crippen molar-refractivity contribution in [3.05, 3.63) is 62.4 Å². The topological polar surface area (TPSA) is 137 Å². The minimum atomic E-state index is -1.88. The zero-order valence-corrected chi connectivity index (χ0v) is 15.8. The van der Waals surface area contributed by atoms with Crippen molar-refractivity contribution in [2.75, 3.05) is 18.4 Å². The standard InChI is InChI=1S/C19H20N6O3/c1-10-4-5-13-11(6-10)19(17(26)23-13)12(7-20)15(21)24-9-18(2,3)8-22-16(24)14(19)25(27)28/h4-6,22H,8-9,21H2,1-3H3,(H,23,26). The van der Waals surface area contributed by atoms with E-state index in [0.717, 1.165) is 5.56 Å². The number of nitrogens with zero attached hydrogens (tertiary/aromatic N) is 3. The first kappa shape index (κ1) is 17.9. The molecule has 1 saturated heterocycles. The average molecular weight is 380 g/mol. The molecule has 0 aromatic heterocycles. The smallest absolute Gasteiger partial charge is 0.311 e. The molecule has 9 nitrogen and oxygen atoms in total. The van der Waals surface area contributed by atoms with Crippen molar-refractivity contribution >= 4 is 11.6 Å². The molecule has 1 atom stereocenters. The number of benzene rings is 1. The molecule has 3 aliphatic heterocycles. The van der Waals surface area contributed by atoms with Crippen LogP contribution in [0.4, 0.5) is 5.69 Å². The lowest BCUT2D eigenvalue weighted by Gasteiger charge is -2.45. The van der Waals surface area contributed by atoms with Gasteiger partial charge in [-0.1, -0.05) is 31.5 Å². The van der Waals surface area contributed by atoms with Crippen molar-refractivity contribution in [1.82, 2.24) is 10.2 Å². The fraction of sp³-hybridized carbons (Fsp3) is 0.368. The van der Waals surface area contributed by atoms with Crippen molar-refractivity contribution in [3.8, 4) is 6.07 Å². The van der Waals surface area contributed by atoms with Crippen molar-refractivity contribution in [2.24, 2.45) is 11.1 Å². The van der Waals surface area contributed by atoms with Crippen LogP contribution in [0.1, 0.15) is 25.0 Å². The lowest BCUT2D eigenvalue weighted by Crippen LogP contribution is -2.58. The number of carbonyl (C=O) groups is 1. The van der Waals surface area contributed by atoms with E-state index in [1.165, 1.54) is 0 Å². The highest BCUT2D eigenvalue weighted by Gasteiger charge is 2.64. The molecule has 9 heteroatoms. The van der Waals surface area contributed by atoms with E-state index < -0.39 is 16.2 Å². The van der Waals surface area contributed by atoms with Crippen LogP contribution in [-0.4, -0.2) is 28.8 Å². The summed E-state index contributed by atoms with van der Waals surface area (Å²) >= 11 is 0. The molecule has 1 fully saturated rings. The van der Waals surface area contributed by atoms with E-state index in [-0.39, 0.29) is 28.3 Å². The maximum absolute atomic E-state index is 13.2. The second kappa shape index (κ2) is 5.48. The second-order valence-electron chi connectivity index (χ2n) is 8.18. The average Bonchev–Trinajstić information content (AvgIpc) is 2.88. The summed E-state index contributed by atoms with van der Waals surface area (Å²) < 4.78 is 0. The summed E-state index contributed by atoms with van der Waals surface area (Å²) in [7, 11) is 0. The molecule has 1 unspecified atom stereocenters. The molecule has 0 radical (unpaired) electrons. The number of amides is 1. The summed E-state index contributed by atoms with van der Waals surface area (Å²) in [5.74, 6) is -0.406. The van der Waals surface area contributed by atoms with E-state index in [0.29, 0.717) is 24.3 Å². The Morgan fingerprint density at radius 1 is 1.39 bits per heavy atom. The Labute approximate surface area is 161 Å². The summed E-state index contributed by atoms with van der Waals surface area (Å²) in [6.45, 7) is 6.68. The van der Waals surface area contributed by atoms with Crippen LogP contribution in [0, 0.1) is 33.8 Å². The van der Waals surface area contributed by atoms with Gasteiger partial charge in [-0.15, -0.1) is 0 Å². The van der Waals surface area contributed by atoms with Crippen LogP contribution in [0.25, 0.3) is 0 Å². The second-order valence-corrected chi connectivity index (χ2v) is 8.18. The first-order valence-corrected chi connectivity index (χ1v) is 8.87. The van der Waals surface area contributed by atoms with Gasteiger partial charge in [0.25, 0.3) is 5.91 Å². The third-order valence-electron chi connectivity index (χ3n) is 5.55. The molecule has 1 aromatic rings. The van der Waals surface area contributed by atoms with Crippen LogP contribution in [0.15, 0.2) is 41.1 Å². The lowest BCUT2D eigenvalue weighted by atomic mass is 9.70. The first-order chi connectivity index (χ1) is 13.1. The molecule has 144 valence electrons. The van der Waals surface area contributed by atoms with Gasteiger partial charge in [0.15, 0.2) is 5.82 Å². The Bertz CT molecular complexity index is 1050. The summed E-state index contributed by atoms with van der Waals surface area (Å²) in [6.07, 6.45) is 0. The van der Waals surface area contributed by atoms with E-state index in [1.807, 2.05) is 26.8 Å². The van der Waals surface area contributed by atoms with Gasteiger partial charge >= 0.3 is 5.70 Å². The van der Waals surface area contributed by atoms with Gasteiger partial charge in [-0.2, -0.15) is 5.26 Å². The number of hydrogen-bond acceptors (Lipinski definition) is 7. The molecule has 1 aromatic carbocycles. The number of hydrogen-bond donors (Lipinski definition) is 3. The Balaban J connectivity index is 2.11. The minimum absolute atomic E-state index is 0.0629. The van der Waals surface area contributed by atoms with Crippen molar-refractivity contribution in [2.45, 2.75) is 26.2 Å². The van der Waals surface area contributed by atoms with Crippen LogP contribution in [0.2, 0.25) is 0 Å². The molecular formula is C19H20N6O3. The maximum atomic E-state index is 13.2. The maximum Gasteiger partial charge on any atom is 0.311 e. The number of aryl methyl sites for hydroxylation is 1. The predicted octanol–water partition coefficient (Wildman–Crippen LogP) is 1.27. The van der Waals surface area contributed by atoms with Gasteiger partial charge < -0.3 is 21.3 Å². The molecule has 0 bridgehead atoms. The number of anilines is 1. The quantitative estimate of drug-likeness (QED) is 0.493. The van der Waals surface area contributed by atoms with Crippen LogP contribution in [0.3, 0.4) is 0 Å². The van der Waals surface area contributed by atoms with E-state index >= 15 is 0 Å². The third-order valence-corrected chi connectivity index (χ3v) is 5.55. The van der Waals surface area contributed by atoms with Crippen LogP contribution in [0.5, 0.6) is 0 Å². The predicted molar refractivity (Wildman–Crippen MR) is 101 cm³/mol. The van der Waals surface area contributed by atoms with Gasteiger partial charge in [0, 0.05) is 29.8 Å². The fourth-order valence-corrected chi connectivity index (χ4v) is 4.29. The van der Waals surface area contributed by atoms with E-state index in [9.17, 15) is 20.2 Å².